The van der Waals surface area contributed by atoms with E-state index in [1.807, 2.05) is 54.2 Å². The summed E-state index contributed by atoms with van der Waals surface area (Å²) in [4.78, 5) is 12.5. The van der Waals surface area contributed by atoms with Crippen LogP contribution < -0.4 is 5.32 Å². The Morgan fingerprint density at radius 2 is 2.09 bits per heavy atom. The van der Waals surface area contributed by atoms with E-state index in [1.165, 1.54) is 0 Å². The number of amides is 1. The fourth-order valence-corrected chi connectivity index (χ4v) is 3.10. The molecule has 0 unspecified atom stereocenters. The lowest BCUT2D eigenvalue weighted by atomic mass is 10.1. The third kappa shape index (κ3) is 2.05. The summed E-state index contributed by atoms with van der Waals surface area (Å²) in [5.74, 6) is -0.173. The summed E-state index contributed by atoms with van der Waals surface area (Å²) in [7, 11) is 2.00. The van der Waals surface area contributed by atoms with Crippen LogP contribution in [0.5, 0.6) is 0 Å². The first-order valence-electron chi connectivity index (χ1n) is 6.80. The average Bonchev–Trinajstić information content (AvgIpc) is 3.13. The molecule has 0 aliphatic heterocycles. The molecule has 0 aliphatic rings. The number of aromatic nitrogens is 3. The number of fused-ring (bicyclic) bond motifs is 2. The minimum Gasteiger partial charge on any atom is -0.351 e. The molecule has 0 spiro atoms. The first kappa shape index (κ1) is 13.0. The van der Waals surface area contributed by atoms with Gasteiger partial charge in [-0.1, -0.05) is 6.07 Å². The number of rotatable bonds is 2. The molecule has 0 fully saturated rings. The predicted molar refractivity (Wildman–Crippen MR) is 88.3 cm³/mol. The zero-order chi connectivity index (χ0) is 15.1. The summed E-state index contributed by atoms with van der Waals surface area (Å²) in [6.07, 6.45) is 2.00. The Labute approximate surface area is 130 Å². The van der Waals surface area contributed by atoms with Crippen LogP contribution in [0.1, 0.15) is 10.4 Å². The number of hydrogen-bond donors (Lipinski definition) is 1. The molecule has 0 radical (unpaired) electrons. The molecule has 6 heteroatoms. The maximum absolute atomic E-state index is 12.5. The number of nitrogens with zero attached hydrogens (tertiary/aromatic N) is 3. The number of aryl methyl sites for hydroxylation is 1. The standard InChI is InChI=1S/C16H12N4OS/c1-20-8-7-10-9-11(5-6-14(10)20)17-16(21)12-3-2-4-13-15(12)19-22-18-13/h2-9H,1H3,(H,17,21). The van der Waals surface area contributed by atoms with Crippen molar-refractivity contribution in [3.63, 3.8) is 0 Å². The molecule has 0 saturated carbocycles. The molecule has 1 amide bonds. The summed E-state index contributed by atoms with van der Waals surface area (Å²) in [6, 6.07) is 13.3. The predicted octanol–water partition coefficient (Wildman–Crippen LogP) is 3.44. The van der Waals surface area contributed by atoms with Gasteiger partial charge < -0.3 is 9.88 Å². The van der Waals surface area contributed by atoms with Gasteiger partial charge in [-0.25, -0.2) is 0 Å². The quantitative estimate of drug-likeness (QED) is 0.617. The molecule has 0 bridgehead atoms. The molecular weight excluding hydrogens is 296 g/mol. The van der Waals surface area contributed by atoms with E-state index in [-0.39, 0.29) is 5.91 Å². The van der Waals surface area contributed by atoms with E-state index in [9.17, 15) is 4.79 Å². The van der Waals surface area contributed by atoms with Crippen molar-refractivity contribution < 1.29 is 4.79 Å². The summed E-state index contributed by atoms with van der Waals surface area (Å²) in [5.41, 5.74) is 3.83. The lowest BCUT2D eigenvalue weighted by Crippen LogP contribution is -2.12. The van der Waals surface area contributed by atoms with E-state index >= 15 is 0 Å². The molecule has 22 heavy (non-hydrogen) atoms. The molecule has 2 heterocycles. The Balaban J connectivity index is 1.69. The van der Waals surface area contributed by atoms with Crippen molar-refractivity contribution in [2.24, 2.45) is 7.05 Å². The van der Waals surface area contributed by atoms with Crippen molar-refractivity contribution >= 4 is 45.3 Å². The first-order chi connectivity index (χ1) is 10.7. The van der Waals surface area contributed by atoms with Gasteiger partial charge in [-0.15, -0.1) is 0 Å². The Morgan fingerprint density at radius 1 is 1.18 bits per heavy atom. The van der Waals surface area contributed by atoms with Gasteiger partial charge in [0.1, 0.15) is 11.0 Å². The molecular formula is C16H12N4OS. The molecule has 108 valence electrons. The third-order valence-electron chi connectivity index (χ3n) is 3.67. The molecule has 0 aliphatic carbocycles. The maximum atomic E-state index is 12.5. The van der Waals surface area contributed by atoms with Crippen LogP contribution in [0.15, 0.2) is 48.7 Å². The second kappa shape index (κ2) is 4.92. The monoisotopic (exact) mass is 308 g/mol. The number of hydrogen-bond acceptors (Lipinski definition) is 4. The van der Waals surface area contributed by atoms with Crippen LogP contribution in [0.25, 0.3) is 21.9 Å². The largest absolute Gasteiger partial charge is 0.351 e. The molecule has 0 saturated heterocycles. The van der Waals surface area contributed by atoms with Gasteiger partial charge in [-0.3, -0.25) is 4.79 Å². The van der Waals surface area contributed by atoms with Crippen LogP contribution in [0.2, 0.25) is 0 Å². The topological polar surface area (TPSA) is 59.8 Å². The first-order valence-corrected chi connectivity index (χ1v) is 7.53. The van der Waals surface area contributed by atoms with E-state index in [0.29, 0.717) is 11.1 Å². The second-order valence-electron chi connectivity index (χ2n) is 5.09. The smallest absolute Gasteiger partial charge is 0.257 e. The Bertz CT molecular complexity index is 1000. The third-order valence-corrected chi connectivity index (χ3v) is 4.22. The fourth-order valence-electron chi connectivity index (χ4n) is 2.55. The Morgan fingerprint density at radius 3 is 3.00 bits per heavy atom. The molecule has 2 aromatic carbocycles. The van der Waals surface area contributed by atoms with Crippen LogP contribution in [0.4, 0.5) is 5.69 Å². The van der Waals surface area contributed by atoms with E-state index in [0.717, 1.165) is 33.8 Å². The highest BCUT2D eigenvalue weighted by molar-refractivity contribution is 7.00. The summed E-state index contributed by atoms with van der Waals surface area (Å²) < 4.78 is 10.4. The van der Waals surface area contributed by atoms with Crippen LogP contribution in [-0.4, -0.2) is 19.2 Å². The zero-order valence-electron chi connectivity index (χ0n) is 11.8. The molecule has 2 aromatic heterocycles. The van der Waals surface area contributed by atoms with Crippen LogP contribution >= 0.6 is 11.7 Å². The Kier molecular flexibility index (Phi) is 2.90. The van der Waals surface area contributed by atoms with Gasteiger partial charge in [0.05, 0.1) is 17.3 Å². The molecule has 1 N–H and O–H groups in total. The van der Waals surface area contributed by atoms with Crippen molar-refractivity contribution in [3.8, 4) is 0 Å². The summed E-state index contributed by atoms with van der Waals surface area (Å²) in [6.45, 7) is 0. The van der Waals surface area contributed by atoms with Crippen molar-refractivity contribution in [2.75, 3.05) is 5.32 Å². The minimum atomic E-state index is -0.173. The van der Waals surface area contributed by atoms with Gasteiger partial charge in [0.2, 0.25) is 0 Å². The van der Waals surface area contributed by atoms with Gasteiger partial charge >= 0.3 is 0 Å². The summed E-state index contributed by atoms with van der Waals surface area (Å²) >= 11 is 1.11. The normalized spacial score (nSPS) is 11.1. The minimum absolute atomic E-state index is 0.173. The highest BCUT2D eigenvalue weighted by Gasteiger charge is 2.13. The van der Waals surface area contributed by atoms with Gasteiger partial charge in [-0.2, -0.15) is 8.75 Å². The van der Waals surface area contributed by atoms with E-state index in [2.05, 4.69) is 14.1 Å². The molecule has 0 atom stereocenters. The van der Waals surface area contributed by atoms with Crippen LogP contribution in [-0.2, 0) is 7.05 Å². The number of carbonyl (C=O) groups excluding carboxylic acids is 1. The Hall–Kier alpha value is -2.73. The SMILES string of the molecule is Cn1ccc2cc(NC(=O)c3cccc4nsnc34)ccc21. The number of carbonyl (C=O) groups is 1. The van der Waals surface area contributed by atoms with Gasteiger partial charge in [0.15, 0.2) is 0 Å². The van der Waals surface area contributed by atoms with E-state index in [4.69, 9.17) is 0 Å². The average molecular weight is 308 g/mol. The van der Waals surface area contributed by atoms with Crippen molar-refractivity contribution in [2.45, 2.75) is 0 Å². The lowest BCUT2D eigenvalue weighted by molar-refractivity contribution is 0.102. The van der Waals surface area contributed by atoms with Crippen molar-refractivity contribution in [3.05, 3.63) is 54.2 Å². The van der Waals surface area contributed by atoms with Crippen LogP contribution in [0, 0.1) is 0 Å². The van der Waals surface area contributed by atoms with E-state index in [1.54, 1.807) is 6.07 Å². The second-order valence-corrected chi connectivity index (χ2v) is 5.62. The van der Waals surface area contributed by atoms with Gasteiger partial charge in [0, 0.05) is 29.8 Å². The van der Waals surface area contributed by atoms with Crippen LogP contribution in [0.3, 0.4) is 0 Å². The number of nitrogens with one attached hydrogen (secondary N) is 1. The number of benzene rings is 2. The highest BCUT2D eigenvalue weighted by Crippen LogP contribution is 2.22. The zero-order valence-corrected chi connectivity index (χ0v) is 12.6. The molecule has 4 rings (SSSR count). The molecule has 5 nitrogen and oxygen atoms in total. The highest BCUT2D eigenvalue weighted by atomic mass is 32.1. The van der Waals surface area contributed by atoms with E-state index < -0.39 is 0 Å². The van der Waals surface area contributed by atoms with Crippen molar-refractivity contribution in [1.82, 2.24) is 13.3 Å². The maximum Gasteiger partial charge on any atom is 0.257 e. The van der Waals surface area contributed by atoms with Gasteiger partial charge in [0.25, 0.3) is 5.91 Å². The summed E-state index contributed by atoms with van der Waals surface area (Å²) in [5, 5.41) is 4.02. The van der Waals surface area contributed by atoms with Gasteiger partial charge in [-0.05, 0) is 36.4 Å². The lowest BCUT2D eigenvalue weighted by Gasteiger charge is -2.06. The number of anilines is 1. The fraction of sp³-hybridized carbons (Fsp3) is 0.0625. The van der Waals surface area contributed by atoms with Crippen molar-refractivity contribution in [1.29, 1.82) is 0 Å². The molecule has 4 aromatic rings.